The molecular weight excluding hydrogens is 346 g/mol. The highest BCUT2D eigenvalue weighted by atomic mass is 32.2. The van der Waals surface area contributed by atoms with Crippen LogP contribution in [0.2, 0.25) is 0 Å². The average molecular weight is 367 g/mol. The maximum absolute atomic E-state index is 12.2. The SMILES string of the molecule is Cc1ccc(C)c(CC(=O)Nc2nnc(CCSc3ccccc3)o2)c1. The summed E-state index contributed by atoms with van der Waals surface area (Å²) in [4.78, 5) is 13.4. The van der Waals surface area contributed by atoms with Crippen LogP contribution in [0.15, 0.2) is 57.8 Å². The Morgan fingerprint density at radius 3 is 2.73 bits per heavy atom. The van der Waals surface area contributed by atoms with E-state index in [0.717, 1.165) is 22.4 Å². The molecule has 3 rings (SSSR count). The van der Waals surface area contributed by atoms with Gasteiger partial charge in [-0.1, -0.05) is 47.1 Å². The highest BCUT2D eigenvalue weighted by Crippen LogP contribution is 2.19. The van der Waals surface area contributed by atoms with Crippen molar-refractivity contribution in [1.82, 2.24) is 10.2 Å². The van der Waals surface area contributed by atoms with Gasteiger partial charge in [0.05, 0.1) is 6.42 Å². The van der Waals surface area contributed by atoms with Crippen molar-refractivity contribution in [3.8, 4) is 0 Å². The normalized spacial score (nSPS) is 10.7. The van der Waals surface area contributed by atoms with E-state index in [1.807, 2.05) is 50.2 Å². The summed E-state index contributed by atoms with van der Waals surface area (Å²) in [5, 5.41) is 10.6. The lowest BCUT2D eigenvalue weighted by atomic mass is 10.0. The summed E-state index contributed by atoms with van der Waals surface area (Å²) in [5.74, 6) is 1.20. The second-order valence-electron chi connectivity index (χ2n) is 6.07. The number of nitrogens with one attached hydrogen (secondary N) is 1. The Hall–Kier alpha value is -2.60. The van der Waals surface area contributed by atoms with Gasteiger partial charge in [0.1, 0.15) is 0 Å². The molecule has 0 aliphatic carbocycles. The first-order valence-corrected chi connectivity index (χ1v) is 9.45. The Bertz CT molecular complexity index is 878. The fourth-order valence-electron chi connectivity index (χ4n) is 2.51. The molecule has 0 unspecified atom stereocenters. The van der Waals surface area contributed by atoms with Gasteiger partial charge in [0, 0.05) is 17.1 Å². The number of carbonyl (C=O) groups excluding carboxylic acids is 1. The molecule has 134 valence electrons. The largest absolute Gasteiger partial charge is 0.408 e. The summed E-state index contributed by atoms with van der Waals surface area (Å²) in [6, 6.07) is 16.4. The Morgan fingerprint density at radius 2 is 1.92 bits per heavy atom. The minimum Gasteiger partial charge on any atom is -0.408 e. The van der Waals surface area contributed by atoms with Crippen molar-refractivity contribution in [1.29, 1.82) is 0 Å². The Labute approximate surface area is 157 Å². The van der Waals surface area contributed by atoms with Crippen LogP contribution in [0, 0.1) is 13.8 Å². The number of thioether (sulfide) groups is 1. The summed E-state index contributed by atoms with van der Waals surface area (Å²) in [5.41, 5.74) is 3.23. The van der Waals surface area contributed by atoms with E-state index >= 15 is 0 Å². The van der Waals surface area contributed by atoms with Gasteiger partial charge in [-0.05, 0) is 37.1 Å². The van der Waals surface area contributed by atoms with E-state index in [4.69, 9.17) is 4.42 Å². The van der Waals surface area contributed by atoms with Gasteiger partial charge in [-0.15, -0.1) is 16.9 Å². The number of carbonyl (C=O) groups is 1. The van der Waals surface area contributed by atoms with Crippen molar-refractivity contribution in [2.24, 2.45) is 0 Å². The molecule has 1 amide bonds. The topological polar surface area (TPSA) is 68.0 Å². The summed E-state index contributed by atoms with van der Waals surface area (Å²) >= 11 is 1.73. The first-order chi connectivity index (χ1) is 12.6. The fourth-order valence-corrected chi connectivity index (χ4v) is 3.37. The van der Waals surface area contributed by atoms with Crippen LogP contribution in [-0.4, -0.2) is 21.9 Å². The van der Waals surface area contributed by atoms with E-state index < -0.39 is 0 Å². The third-order valence-electron chi connectivity index (χ3n) is 3.90. The van der Waals surface area contributed by atoms with Gasteiger partial charge in [0.2, 0.25) is 11.8 Å². The van der Waals surface area contributed by atoms with Gasteiger partial charge in [0.15, 0.2) is 0 Å². The summed E-state index contributed by atoms with van der Waals surface area (Å²) < 4.78 is 5.52. The molecule has 5 nitrogen and oxygen atoms in total. The molecule has 3 aromatic rings. The molecule has 0 bridgehead atoms. The molecule has 0 saturated carbocycles. The van der Waals surface area contributed by atoms with E-state index in [0.29, 0.717) is 12.3 Å². The molecule has 1 N–H and O–H groups in total. The molecule has 6 heteroatoms. The number of anilines is 1. The van der Waals surface area contributed by atoms with Gasteiger partial charge in [0.25, 0.3) is 0 Å². The van der Waals surface area contributed by atoms with Crippen LogP contribution in [0.5, 0.6) is 0 Å². The molecule has 26 heavy (non-hydrogen) atoms. The smallest absolute Gasteiger partial charge is 0.322 e. The Balaban J connectivity index is 1.50. The molecular formula is C20H21N3O2S. The number of benzene rings is 2. The minimum atomic E-state index is -0.160. The predicted molar refractivity (Wildman–Crippen MR) is 103 cm³/mol. The molecule has 1 heterocycles. The number of hydrogen-bond donors (Lipinski definition) is 1. The zero-order valence-corrected chi connectivity index (χ0v) is 15.7. The van der Waals surface area contributed by atoms with E-state index in [2.05, 4.69) is 27.6 Å². The van der Waals surface area contributed by atoms with Crippen molar-refractivity contribution in [3.05, 3.63) is 71.1 Å². The lowest BCUT2D eigenvalue weighted by molar-refractivity contribution is -0.115. The van der Waals surface area contributed by atoms with Gasteiger partial charge in [-0.3, -0.25) is 10.1 Å². The van der Waals surface area contributed by atoms with Crippen molar-refractivity contribution < 1.29 is 9.21 Å². The number of aromatic nitrogens is 2. The zero-order valence-electron chi connectivity index (χ0n) is 14.9. The van der Waals surface area contributed by atoms with Crippen LogP contribution in [-0.2, 0) is 17.6 Å². The Morgan fingerprint density at radius 1 is 1.12 bits per heavy atom. The van der Waals surface area contributed by atoms with Gasteiger partial charge in [-0.2, -0.15) is 0 Å². The predicted octanol–water partition coefficient (Wildman–Crippen LogP) is 4.20. The second kappa shape index (κ2) is 8.67. The molecule has 0 fully saturated rings. The second-order valence-corrected chi connectivity index (χ2v) is 7.24. The maximum atomic E-state index is 12.2. The van der Waals surface area contributed by atoms with Crippen molar-refractivity contribution in [2.45, 2.75) is 31.6 Å². The molecule has 0 radical (unpaired) electrons. The summed E-state index contributed by atoms with van der Waals surface area (Å²) in [7, 11) is 0. The summed E-state index contributed by atoms with van der Waals surface area (Å²) in [6.45, 7) is 4.01. The molecule has 0 saturated heterocycles. The van der Waals surface area contributed by atoms with Crippen molar-refractivity contribution in [2.75, 3.05) is 11.1 Å². The number of amides is 1. The van der Waals surface area contributed by atoms with Crippen LogP contribution >= 0.6 is 11.8 Å². The van der Waals surface area contributed by atoms with Gasteiger partial charge in [-0.25, -0.2) is 0 Å². The van der Waals surface area contributed by atoms with Crippen LogP contribution in [0.25, 0.3) is 0 Å². The van der Waals surface area contributed by atoms with Crippen LogP contribution in [0.1, 0.15) is 22.6 Å². The number of nitrogens with zero attached hydrogens (tertiary/aromatic N) is 2. The van der Waals surface area contributed by atoms with Crippen LogP contribution < -0.4 is 5.32 Å². The van der Waals surface area contributed by atoms with Crippen molar-refractivity contribution in [3.63, 3.8) is 0 Å². The lowest BCUT2D eigenvalue weighted by Gasteiger charge is -2.06. The van der Waals surface area contributed by atoms with Crippen LogP contribution in [0.4, 0.5) is 6.01 Å². The summed E-state index contributed by atoms with van der Waals surface area (Å²) in [6.07, 6.45) is 0.939. The van der Waals surface area contributed by atoms with Gasteiger partial charge < -0.3 is 4.42 Å². The van der Waals surface area contributed by atoms with E-state index in [9.17, 15) is 4.79 Å². The lowest BCUT2D eigenvalue weighted by Crippen LogP contribution is -2.15. The Kier molecular flexibility index (Phi) is 6.07. The molecule has 1 aromatic heterocycles. The highest BCUT2D eigenvalue weighted by Gasteiger charge is 2.12. The molecule has 0 spiro atoms. The number of aryl methyl sites for hydroxylation is 3. The minimum absolute atomic E-state index is 0.153. The maximum Gasteiger partial charge on any atom is 0.322 e. The van der Waals surface area contributed by atoms with Crippen molar-refractivity contribution >= 4 is 23.7 Å². The number of rotatable bonds is 7. The van der Waals surface area contributed by atoms with Crippen LogP contribution in [0.3, 0.4) is 0 Å². The standard InChI is InChI=1S/C20H21N3O2S/c1-14-8-9-15(2)16(12-14)13-18(24)21-20-23-22-19(25-20)10-11-26-17-6-4-3-5-7-17/h3-9,12H,10-11,13H2,1-2H3,(H,21,23,24). The average Bonchev–Trinajstić information content (AvgIpc) is 3.06. The zero-order chi connectivity index (χ0) is 18.4. The third kappa shape index (κ3) is 5.20. The van der Waals surface area contributed by atoms with E-state index in [1.165, 1.54) is 4.90 Å². The highest BCUT2D eigenvalue weighted by molar-refractivity contribution is 7.99. The molecule has 0 aliphatic rings. The van der Waals surface area contributed by atoms with E-state index in [-0.39, 0.29) is 18.3 Å². The molecule has 2 aromatic carbocycles. The first-order valence-electron chi connectivity index (χ1n) is 8.46. The number of hydrogen-bond acceptors (Lipinski definition) is 5. The first kappa shape index (κ1) is 18.2. The molecule has 0 atom stereocenters. The third-order valence-corrected chi connectivity index (χ3v) is 4.91. The molecule has 0 aliphatic heterocycles. The van der Waals surface area contributed by atoms with Gasteiger partial charge >= 0.3 is 6.01 Å². The fraction of sp³-hybridized carbons (Fsp3) is 0.250. The quantitative estimate of drug-likeness (QED) is 0.634. The van der Waals surface area contributed by atoms with E-state index in [1.54, 1.807) is 11.8 Å². The monoisotopic (exact) mass is 367 g/mol.